The van der Waals surface area contributed by atoms with Crippen molar-refractivity contribution in [2.45, 2.75) is 12.7 Å². The van der Waals surface area contributed by atoms with Gasteiger partial charge in [0.15, 0.2) is 0 Å². The summed E-state index contributed by atoms with van der Waals surface area (Å²) in [5.74, 6) is 0.664. The third-order valence-corrected chi connectivity index (χ3v) is 3.06. The number of methoxy groups -OCH3 is 1. The molecular formula is C14H18N2O. The zero-order chi connectivity index (χ0) is 15.4. The van der Waals surface area contributed by atoms with Crippen molar-refractivity contribution in [3.8, 4) is 5.75 Å². The average molecular weight is 234 g/mol. The highest BCUT2D eigenvalue weighted by Gasteiger charge is 2.16. The number of rotatable bonds is 1. The quantitative estimate of drug-likeness (QED) is 0.819. The molecule has 0 spiro atoms. The summed E-state index contributed by atoms with van der Waals surface area (Å²) in [6.45, 7) is 0.321. The van der Waals surface area contributed by atoms with Crippen LogP contribution in [-0.4, -0.2) is 37.1 Å². The van der Waals surface area contributed by atoms with Crippen LogP contribution in [-0.2, 0) is 12.7 Å². The first kappa shape index (κ1) is 7.07. The zero-order valence-corrected chi connectivity index (χ0v) is 10.0. The van der Waals surface area contributed by atoms with Crippen LogP contribution in [0.4, 0.5) is 0 Å². The highest BCUT2D eigenvalue weighted by molar-refractivity contribution is 5.86. The van der Waals surface area contributed by atoms with Crippen molar-refractivity contribution in [1.82, 2.24) is 9.88 Å². The van der Waals surface area contributed by atoms with E-state index in [0.29, 0.717) is 22.5 Å². The minimum atomic E-state index is -1.62. The van der Waals surface area contributed by atoms with E-state index in [-0.39, 0.29) is 13.1 Å². The summed E-state index contributed by atoms with van der Waals surface area (Å²) in [6, 6.07) is 5.35. The van der Waals surface area contributed by atoms with Gasteiger partial charge in [-0.1, -0.05) is 0 Å². The maximum Gasteiger partial charge on any atom is 0.120 e. The second-order valence-corrected chi connectivity index (χ2v) is 4.31. The molecule has 0 radical (unpaired) electrons. The van der Waals surface area contributed by atoms with Crippen LogP contribution < -0.4 is 4.74 Å². The van der Waals surface area contributed by atoms with Gasteiger partial charge in [-0.15, -0.1) is 0 Å². The smallest absolute Gasteiger partial charge is 0.120 e. The number of fused-ring (bicyclic) bond motifs is 3. The molecule has 1 aliphatic rings. The van der Waals surface area contributed by atoms with E-state index in [0.717, 1.165) is 5.39 Å². The topological polar surface area (TPSA) is 28.3 Å². The average Bonchev–Trinajstić information content (AvgIpc) is 2.73. The minimum absolute atomic E-state index is 0.156. The van der Waals surface area contributed by atoms with E-state index in [9.17, 15) is 0 Å². The van der Waals surface area contributed by atoms with Crippen molar-refractivity contribution < 1.29 is 10.2 Å². The Morgan fingerprint density at radius 1 is 1.35 bits per heavy atom. The number of likely N-dealkylation sites (N-methyl/N-ethyl adjacent to an activating group) is 1. The molecule has 1 aromatic carbocycles. The van der Waals surface area contributed by atoms with Crippen molar-refractivity contribution in [1.29, 1.82) is 0 Å². The molecule has 1 aliphatic heterocycles. The lowest BCUT2D eigenvalue weighted by molar-refractivity contribution is 0.352. The van der Waals surface area contributed by atoms with Gasteiger partial charge in [-0.2, -0.15) is 0 Å². The Morgan fingerprint density at radius 3 is 3.00 bits per heavy atom. The largest absolute Gasteiger partial charge is 0.497 e. The Bertz CT molecular complexity index is 696. The molecule has 2 aromatic rings. The summed E-state index contributed by atoms with van der Waals surface area (Å²) in [5, 5.41) is 0.718. The van der Waals surface area contributed by atoms with E-state index in [1.165, 1.54) is 0 Å². The number of hydrogen-bond donors (Lipinski definition) is 1. The number of nitrogens with one attached hydrogen (secondary N) is 1. The molecule has 0 bridgehead atoms. The lowest BCUT2D eigenvalue weighted by atomic mass is 10.1. The van der Waals surface area contributed by atoms with Crippen LogP contribution in [0.5, 0.6) is 5.75 Å². The van der Waals surface area contributed by atoms with E-state index < -0.39 is 12.7 Å². The second-order valence-electron chi connectivity index (χ2n) is 4.31. The Balaban J connectivity index is 2.32. The predicted molar refractivity (Wildman–Crippen MR) is 69.8 cm³/mol. The molecule has 0 atom stereocenters. The van der Waals surface area contributed by atoms with Gasteiger partial charge in [0.2, 0.25) is 0 Å². The summed E-state index contributed by atoms with van der Waals surface area (Å²) in [6.07, 6.45) is -3.24. The molecule has 90 valence electrons. The normalized spacial score (nSPS) is 26.2. The Labute approximate surface area is 107 Å². The van der Waals surface area contributed by atoms with E-state index in [2.05, 4.69) is 4.98 Å². The van der Waals surface area contributed by atoms with Crippen LogP contribution >= 0.6 is 0 Å². The van der Waals surface area contributed by atoms with Crippen molar-refractivity contribution >= 4 is 10.9 Å². The number of hydrogen-bond acceptors (Lipinski definition) is 2. The first-order valence-electron chi connectivity index (χ1n) is 7.64. The number of aromatic nitrogens is 1. The number of benzene rings is 1. The maximum atomic E-state index is 8.36. The minimum Gasteiger partial charge on any atom is -0.497 e. The first-order chi connectivity index (χ1) is 9.74. The van der Waals surface area contributed by atoms with Crippen LogP contribution in [0.2, 0.25) is 0 Å². The van der Waals surface area contributed by atoms with E-state index >= 15 is 0 Å². The fraction of sp³-hybridized carbons (Fsp3) is 0.429. The fourth-order valence-corrected chi connectivity index (χ4v) is 2.10. The van der Waals surface area contributed by atoms with Gasteiger partial charge in [-0.05, 0) is 31.1 Å². The molecule has 0 saturated heterocycles. The van der Waals surface area contributed by atoms with E-state index in [4.69, 9.17) is 10.2 Å². The summed E-state index contributed by atoms with van der Waals surface area (Å²) in [4.78, 5) is 4.77. The molecule has 0 saturated carbocycles. The molecule has 17 heavy (non-hydrogen) atoms. The van der Waals surface area contributed by atoms with Gasteiger partial charge in [0.25, 0.3) is 0 Å². The molecule has 2 heterocycles. The monoisotopic (exact) mass is 234 g/mol. The standard InChI is InChI=1S/C14H18N2O/c1-16-7-5-12-11-4-3-10(17-2)9-14(11)15-13(12)6-8-16/h3-4,9,15H,5-8H2,1-2H3/i5D2,6D2. The SMILES string of the molecule is [2H]C1([2H])CN(C)CC([2H])([2H])c2c1[nH]c1cc(OC)ccc21. The van der Waals surface area contributed by atoms with Crippen molar-refractivity contribution in [3.05, 3.63) is 29.5 Å². The molecule has 0 aliphatic carbocycles. The lowest BCUT2D eigenvalue weighted by Gasteiger charge is -2.11. The number of nitrogens with zero attached hydrogens (tertiary/aromatic N) is 1. The molecule has 1 N–H and O–H groups in total. The van der Waals surface area contributed by atoms with Gasteiger partial charge in [0.05, 0.1) is 7.11 Å². The maximum absolute atomic E-state index is 8.36. The molecule has 0 unspecified atom stereocenters. The Kier molecular flexibility index (Phi) is 1.69. The van der Waals surface area contributed by atoms with Gasteiger partial charge >= 0.3 is 0 Å². The lowest BCUT2D eigenvalue weighted by Crippen LogP contribution is -2.21. The molecule has 0 amide bonds. The van der Waals surface area contributed by atoms with Gasteiger partial charge in [0, 0.05) is 47.6 Å². The van der Waals surface area contributed by atoms with Crippen molar-refractivity contribution in [2.24, 2.45) is 0 Å². The van der Waals surface area contributed by atoms with Gasteiger partial charge in [0.1, 0.15) is 5.75 Å². The molecular weight excluding hydrogens is 212 g/mol. The Morgan fingerprint density at radius 2 is 2.18 bits per heavy atom. The van der Waals surface area contributed by atoms with Gasteiger partial charge in [-0.3, -0.25) is 0 Å². The predicted octanol–water partition coefficient (Wildman–Crippen LogP) is 2.21. The summed E-state index contributed by atoms with van der Waals surface area (Å²) in [5.41, 5.74) is 1.46. The third-order valence-electron chi connectivity index (χ3n) is 3.06. The number of aromatic amines is 1. The van der Waals surface area contributed by atoms with Crippen LogP contribution in [0.1, 0.15) is 16.7 Å². The van der Waals surface area contributed by atoms with Gasteiger partial charge in [-0.25, -0.2) is 0 Å². The zero-order valence-electron chi connectivity index (χ0n) is 14.0. The van der Waals surface area contributed by atoms with E-state index in [1.54, 1.807) is 37.3 Å². The highest BCUT2D eigenvalue weighted by Crippen LogP contribution is 2.28. The molecule has 0 fully saturated rings. The van der Waals surface area contributed by atoms with E-state index in [1.807, 2.05) is 0 Å². The molecule has 3 rings (SSSR count). The number of H-pyrrole nitrogens is 1. The summed E-state index contributed by atoms with van der Waals surface area (Å²) < 4.78 is 38.5. The van der Waals surface area contributed by atoms with Crippen molar-refractivity contribution in [3.63, 3.8) is 0 Å². The Hall–Kier alpha value is -1.48. The summed E-state index contributed by atoms with van der Waals surface area (Å²) in [7, 11) is 3.31. The molecule has 1 aromatic heterocycles. The molecule has 3 nitrogen and oxygen atoms in total. The van der Waals surface area contributed by atoms with Crippen molar-refractivity contribution in [2.75, 3.05) is 27.2 Å². The first-order valence-corrected chi connectivity index (χ1v) is 5.64. The third kappa shape index (κ3) is 1.80. The molecule has 3 heteroatoms. The van der Waals surface area contributed by atoms with Crippen LogP contribution in [0.3, 0.4) is 0 Å². The second kappa shape index (κ2) is 4.08. The number of ether oxygens (including phenoxy) is 1. The summed E-state index contributed by atoms with van der Waals surface area (Å²) >= 11 is 0. The van der Waals surface area contributed by atoms with Gasteiger partial charge < -0.3 is 14.6 Å². The van der Waals surface area contributed by atoms with Crippen LogP contribution in [0.15, 0.2) is 18.2 Å². The van der Waals surface area contributed by atoms with Crippen LogP contribution in [0.25, 0.3) is 10.9 Å². The highest BCUT2D eigenvalue weighted by atomic mass is 16.5. The fourth-order valence-electron chi connectivity index (χ4n) is 2.10. The van der Waals surface area contributed by atoms with Crippen LogP contribution in [0, 0.1) is 0 Å².